The number of nitro benzene ring substituents is 1. The van der Waals surface area contributed by atoms with Crippen molar-refractivity contribution in [3.63, 3.8) is 0 Å². The first-order valence-corrected chi connectivity index (χ1v) is 9.09. The Morgan fingerprint density at radius 3 is 2.67 bits per heavy atom. The van der Waals surface area contributed by atoms with Crippen LogP contribution in [0.2, 0.25) is 0 Å². The van der Waals surface area contributed by atoms with Crippen molar-refractivity contribution in [1.29, 1.82) is 0 Å². The van der Waals surface area contributed by atoms with Gasteiger partial charge in [-0.15, -0.1) is 0 Å². The number of hydrogen-bond acceptors (Lipinski definition) is 8. The molecule has 0 fully saturated rings. The van der Waals surface area contributed by atoms with E-state index in [4.69, 9.17) is 9.47 Å². The van der Waals surface area contributed by atoms with Gasteiger partial charge in [-0.25, -0.2) is 9.78 Å². The number of ether oxygens (including phenoxy) is 2. The van der Waals surface area contributed by atoms with Crippen LogP contribution in [0.3, 0.4) is 0 Å². The van der Waals surface area contributed by atoms with Gasteiger partial charge in [0, 0.05) is 23.6 Å². The Hall–Kier alpha value is -2.26. The van der Waals surface area contributed by atoms with E-state index in [-0.39, 0.29) is 23.3 Å². The van der Waals surface area contributed by atoms with Crippen molar-refractivity contribution in [2.24, 2.45) is 0 Å². The average Bonchev–Trinajstić information content (AvgIpc) is 2.59. The minimum Gasteiger partial charge on any atom is -0.433 e. The molecule has 1 atom stereocenters. The SMILES string of the molecule is CC(COC(=O)Oc1ccc([N+](=O)[O-])cc1)SSc1ccccn1. The van der Waals surface area contributed by atoms with Gasteiger partial charge in [0.1, 0.15) is 17.4 Å². The number of benzene rings is 1. The third kappa shape index (κ3) is 6.09. The summed E-state index contributed by atoms with van der Waals surface area (Å²) >= 11 is 0. The monoisotopic (exact) mass is 366 g/mol. The van der Waals surface area contributed by atoms with Crippen LogP contribution in [-0.4, -0.2) is 27.9 Å². The van der Waals surface area contributed by atoms with Gasteiger partial charge in [0.15, 0.2) is 0 Å². The molecule has 2 rings (SSSR count). The Balaban J connectivity index is 1.71. The Morgan fingerprint density at radius 1 is 1.29 bits per heavy atom. The third-order valence-electron chi connectivity index (χ3n) is 2.62. The predicted octanol–water partition coefficient (Wildman–Crippen LogP) is 4.33. The third-order valence-corrected chi connectivity index (χ3v) is 5.38. The van der Waals surface area contributed by atoms with Gasteiger partial charge in [0.25, 0.3) is 5.69 Å². The molecular formula is C15H14N2O5S2. The molecule has 0 spiro atoms. The molecule has 0 N–H and O–H groups in total. The lowest BCUT2D eigenvalue weighted by molar-refractivity contribution is -0.384. The van der Waals surface area contributed by atoms with Crippen molar-refractivity contribution in [2.75, 3.05) is 6.61 Å². The maximum atomic E-state index is 11.6. The molecule has 0 saturated heterocycles. The van der Waals surface area contributed by atoms with Crippen molar-refractivity contribution in [3.05, 3.63) is 58.8 Å². The topological polar surface area (TPSA) is 91.6 Å². The van der Waals surface area contributed by atoms with Crippen molar-refractivity contribution < 1.29 is 19.2 Å². The molecule has 0 aliphatic rings. The molecular weight excluding hydrogens is 352 g/mol. The van der Waals surface area contributed by atoms with Gasteiger partial charge < -0.3 is 9.47 Å². The summed E-state index contributed by atoms with van der Waals surface area (Å²) in [6, 6.07) is 10.8. The summed E-state index contributed by atoms with van der Waals surface area (Å²) in [6.07, 6.45) is 0.866. The lowest BCUT2D eigenvalue weighted by Gasteiger charge is -2.10. The molecule has 1 unspecified atom stereocenters. The fraction of sp³-hybridized carbons (Fsp3) is 0.200. The van der Waals surface area contributed by atoms with E-state index in [2.05, 4.69) is 4.98 Å². The van der Waals surface area contributed by atoms with Crippen LogP contribution in [0.1, 0.15) is 6.92 Å². The zero-order valence-corrected chi connectivity index (χ0v) is 14.3. The molecule has 126 valence electrons. The van der Waals surface area contributed by atoms with Crippen molar-refractivity contribution in [3.8, 4) is 5.75 Å². The van der Waals surface area contributed by atoms with Gasteiger partial charge in [0.2, 0.25) is 0 Å². The van der Waals surface area contributed by atoms with Crippen LogP contribution in [-0.2, 0) is 4.74 Å². The molecule has 0 amide bonds. The number of aromatic nitrogens is 1. The first kappa shape index (κ1) is 18.1. The van der Waals surface area contributed by atoms with Gasteiger partial charge in [0.05, 0.1) is 4.92 Å². The molecule has 7 nitrogen and oxygen atoms in total. The fourth-order valence-electron chi connectivity index (χ4n) is 1.50. The normalized spacial score (nSPS) is 11.5. The Labute approximate surface area is 146 Å². The van der Waals surface area contributed by atoms with Crippen molar-refractivity contribution in [1.82, 2.24) is 4.98 Å². The smallest absolute Gasteiger partial charge is 0.433 e. The van der Waals surface area contributed by atoms with E-state index in [1.54, 1.807) is 6.20 Å². The second-order valence-corrected chi connectivity index (χ2v) is 7.23. The Bertz CT molecular complexity index is 682. The molecule has 1 aromatic carbocycles. The number of carbonyl (C=O) groups excluding carboxylic acids is 1. The predicted molar refractivity (Wildman–Crippen MR) is 92.2 cm³/mol. The van der Waals surface area contributed by atoms with E-state index in [1.165, 1.54) is 45.9 Å². The maximum Gasteiger partial charge on any atom is 0.513 e. The van der Waals surface area contributed by atoms with E-state index >= 15 is 0 Å². The number of pyridine rings is 1. The second kappa shape index (κ2) is 9.14. The van der Waals surface area contributed by atoms with Crippen LogP contribution in [0.15, 0.2) is 53.7 Å². The quantitative estimate of drug-likeness (QED) is 0.235. The lowest BCUT2D eigenvalue weighted by atomic mass is 10.3. The molecule has 9 heteroatoms. The summed E-state index contributed by atoms with van der Waals surface area (Å²) in [5.74, 6) is 0.189. The first-order chi connectivity index (χ1) is 11.5. The maximum absolute atomic E-state index is 11.6. The summed E-state index contributed by atoms with van der Waals surface area (Å²) in [5, 5.41) is 11.5. The molecule has 0 radical (unpaired) electrons. The highest BCUT2D eigenvalue weighted by Crippen LogP contribution is 2.32. The first-order valence-electron chi connectivity index (χ1n) is 6.88. The van der Waals surface area contributed by atoms with Gasteiger partial charge in [-0.2, -0.15) is 0 Å². The average molecular weight is 366 g/mol. The number of non-ortho nitro benzene ring substituents is 1. The molecule has 0 aliphatic carbocycles. The van der Waals surface area contributed by atoms with Gasteiger partial charge in [-0.05, 0) is 42.0 Å². The van der Waals surface area contributed by atoms with Crippen LogP contribution in [0.5, 0.6) is 5.75 Å². The standard InChI is InChI=1S/C15H14N2O5S2/c1-11(23-24-14-4-2-3-9-16-14)10-21-15(18)22-13-7-5-12(6-8-13)17(19)20/h2-9,11H,10H2,1H3. The van der Waals surface area contributed by atoms with E-state index in [9.17, 15) is 14.9 Å². The van der Waals surface area contributed by atoms with Crippen LogP contribution in [0.4, 0.5) is 10.5 Å². The molecule has 0 saturated carbocycles. The largest absolute Gasteiger partial charge is 0.513 e. The van der Waals surface area contributed by atoms with E-state index < -0.39 is 11.1 Å². The summed E-state index contributed by atoms with van der Waals surface area (Å²) in [4.78, 5) is 25.8. The van der Waals surface area contributed by atoms with Crippen LogP contribution in [0, 0.1) is 10.1 Å². The fourth-order valence-corrected chi connectivity index (χ4v) is 3.38. The van der Waals surface area contributed by atoms with Gasteiger partial charge >= 0.3 is 6.16 Å². The van der Waals surface area contributed by atoms with E-state index in [1.807, 2.05) is 25.1 Å². The number of hydrogen-bond donors (Lipinski definition) is 0. The summed E-state index contributed by atoms with van der Waals surface area (Å²) in [7, 11) is 3.03. The number of nitro groups is 1. The van der Waals surface area contributed by atoms with Crippen LogP contribution >= 0.6 is 21.6 Å². The summed E-state index contributed by atoms with van der Waals surface area (Å²) in [6.45, 7) is 2.09. The highest BCUT2D eigenvalue weighted by atomic mass is 33.1. The van der Waals surface area contributed by atoms with E-state index in [0.717, 1.165) is 5.03 Å². The molecule has 24 heavy (non-hydrogen) atoms. The minimum absolute atomic E-state index is 0.0430. The lowest BCUT2D eigenvalue weighted by Crippen LogP contribution is -2.16. The zero-order chi connectivity index (χ0) is 17.4. The Morgan fingerprint density at radius 2 is 2.04 bits per heavy atom. The zero-order valence-electron chi connectivity index (χ0n) is 12.7. The highest BCUT2D eigenvalue weighted by Gasteiger charge is 2.12. The number of rotatable bonds is 7. The van der Waals surface area contributed by atoms with Crippen LogP contribution in [0.25, 0.3) is 0 Å². The molecule has 1 heterocycles. The van der Waals surface area contributed by atoms with Crippen molar-refractivity contribution in [2.45, 2.75) is 17.2 Å². The number of nitrogens with zero attached hydrogens (tertiary/aromatic N) is 2. The second-order valence-electron chi connectivity index (χ2n) is 4.57. The molecule has 2 aromatic rings. The summed E-state index contributed by atoms with van der Waals surface area (Å²) in [5.41, 5.74) is -0.0766. The molecule has 0 bridgehead atoms. The minimum atomic E-state index is -0.848. The van der Waals surface area contributed by atoms with Crippen molar-refractivity contribution >= 4 is 33.4 Å². The Kier molecular flexibility index (Phi) is 6.89. The molecule has 0 aliphatic heterocycles. The number of carbonyl (C=O) groups is 1. The summed E-state index contributed by atoms with van der Waals surface area (Å²) < 4.78 is 9.97. The highest BCUT2D eigenvalue weighted by molar-refractivity contribution is 8.76. The van der Waals surface area contributed by atoms with Gasteiger partial charge in [-0.1, -0.05) is 16.9 Å². The van der Waals surface area contributed by atoms with Gasteiger partial charge in [-0.3, -0.25) is 10.1 Å². The van der Waals surface area contributed by atoms with Crippen LogP contribution < -0.4 is 4.74 Å². The molecule has 1 aromatic heterocycles. The van der Waals surface area contributed by atoms with E-state index in [0.29, 0.717) is 0 Å².